The minimum absolute atomic E-state index is 0.181. The van der Waals surface area contributed by atoms with Gasteiger partial charge in [0.2, 0.25) is 0 Å². The van der Waals surface area contributed by atoms with Crippen LogP contribution in [-0.2, 0) is 6.54 Å². The fourth-order valence-electron chi connectivity index (χ4n) is 3.87. The van der Waals surface area contributed by atoms with E-state index in [2.05, 4.69) is 43.0 Å². The first-order chi connectivity index (χ1) is 15.5. The highest BCUT2D eigenvalue weighted by Gasteiger charge is 2.14. The van der Waals surface area contributed by atoms with E-state index in [0.29, 0.717) is 23.9 Å². The summed E-state index contributed by atoms with van der Waals surface area (Å²) in [5.74, 6) is 3.57. The number of nitrogens with zero attached hydrogens (tertiary/aromatic N) is 2. The number of aromatic nitrogens is 2. The van der Waals surface area contributed by atoms with Crippen molar-refractivity contribution >= 4 is 10.9 Å². The Kier molecular flexibility index (Phi) is 6.09. The largest absolute Gasteiger partial charge is 0.481 e. The molecule has 1 aromatic heterocycles. The van der Waals surface area contributed by atoms with Gasteiger partial charge in [-0.25, -0.2) is 4.79 Å². The van der Waals surface area contributed by atoms with Gasteiger partial charge in [-0.3, -0.25) is 4.57 Å². The van der Waals surface area contributed by atoms with Crippen LogP contribution in [0.25, 0.3) is 22.2 Å². The summed E-state index contributed by atoms with van der Waals surface area (Å²) >= 11 is 0. The van der Waals surface area contributed by atoms with Gasteiger partial charge in [-0.05, 0) is 42.2 Å². The summed E-state index contributed by atoms with van der Waals surface area (Å²) in [5, 5.41) is 0.851. The maximum absolute atomic E-state index is 13.1. The van der Waals surface area contributed by atoms with E-state index in [4.69, 9.17) is 11.2 Å². The number of fused-ring (bicyclic) bond motifs is 1. The van der Waals surface area contributed by atoms with Gasteiger partial charge in [-0.2, -0.15) is 4.98 Å². The average molecular weight is 423 g/mol. The zero-order valence-electron chi connectivity index (χ0n) is 18.6. The highest BCUT2D eigenvalue weighted by Crippen LogP contribution is 2.30. The number of hydrogen-bond acceptors (Lipinski definition) is 3. The van der Waals surface area contributed by atoms with Crippen LogP contribution in [0.3, 0.4) is 0 Å². The highest BCUT2D eigenvalue weighted by molar-refractivity contribution is 5.93. The maximum Gasteiger partial charge on any atom is 0.348 e. The maximum atomic E-state index is 13.1. The van der Waals surface area contributed by atoms with E-state index >= 15 is 0 Å². The Hall–Kier alpha value is -3.84. The van der Waals surface area contributed by atoms with Gasteiger partial charge in [-0.15, -0.1) is 6.42 Å². The van der Waals surface area contributed by atoms with Gasteiger partial charge in [0, 0.05) is 10.9 Å². The van der Waals surface area contributed by atoms with Gasteiger partial charge in [0.25, 0.3) is 0 Å². The molecule has 0 aliphatic heterocycles. The van der Waals surface area contributed by atoms with Crippen molar-refractivity contribution in [2.75, 3.05) is 6.61 Å². The van der Waals surface area contributed by atoms with Gasteiger partial charge in [0.15, 0.2) is 0 Å². The summed E-state index contributed by atoms with van der Waals surface area (Å²) in [6, 6.07) is 22.0. The Balaban J connectivity index is 1.89. The van der Waals surface area contributed by atoms with Crippen LogP contribution in [0.2, 0.25) is 0 Å². The molecular formula is C28H26N2O2. The van der Waals surface area contributed by atoms with Crippen LogP contribution in [-0.4, -0.2) is 16.2 Å². The summed E-state index contributed by atoms with van der Waals surface area (Å²) in [6.45, 7) is 6.98. The van der Waals surface area contributed by atoms with E-state index in [9.17, 15) is 4.79 Å². The molecule has 0 radical (unpaired) electrons. The van der Waals surface area contributed by atoms with Crippen molar-refractivity contribution < 1.29 is 4.74 Å². The van der Waals surface area contributed by atoms with Crippen LogP contribution in [0.15, 0.2) is 71.5 Å². The molecule has 0 aliphatic rings. The zero-order chi connectivity index (χ0) is 22.7. The van der Waals surface area contributed by atoms with E-state index in [-0.39, 0.29) is 12.3 Å². The quantitative estimate of drug-likeness (QED) is 0.382. The Morgan fingerprint density at radius 1 is 1.06 bits per heavy atom. The van der Waals surface area contributed by atoms with Crippen LogP contribution < -0.4 is 10.4 Å². The second-order valence-corrected chi connectivity index (χ2v) is 8.27. The Labute approximate surface area is 188 Å². The molecule has 0 saturated carbocycles. The lowest BCUT2D eigenvalue weighted by atomic mass is 9.99. The molecule has 32 heavy (non-hydrogen) atoms. The first-order valence-corrected chi connectivity index (χ1v) is 10.7. The van der Waals surface area contributed by atoms with Gasteiger partial charge in [0.1, 0.15) is 12.4 Å². The molecule has 0 saturated heterocycles. The predicted octanol–water partition coefficient (Wildman–Crippen LogP) is 5.56. The third kappa shape index (κ3) is 4.43. The minimum Gasteiger partial charge on any atom is -0.481 e. The van der Waals surface area contributed by atoms with E-state index in [1.165, 1.54) is 5.56 Å². The predicted molar refractivity (Wildman–Crippen MR) is 130 cm³/mol. The van der Waals surface area contributed by atoms with Crippen molar-refractivity contribution in [1.29, 1.82) is 0 Å². The Morgan fingerprint density at radius 3 is 2.53 bits per heavy atom. The molecule has 0 aliphatic carbocycles. The second-order valence-electron chi connectivity index (χ2n) is 8.27. The van der Waals surface area contributed by atoms with Gasteiger partial charge < -0.3 is 4.74 Å². The van der Waals surface area contributed by atoms with E-state index < -0.39 is 0 Å². The number of ether oxygens (including phenoxy) is 1. The number of terminal acetylenes is 1. The molecular weight excluding hydrogens is 396 g/mol. The molecule has 160 valence electrons. The number of benzene rings is 3. The van der Waals surface area contributed by atoms with E-state index in [1.807, 2.05) is 55.5 Å². The van der Waals surface area contributed by atoms with Crippen molar-refractivity contribution in [2.24, 2.45) is 0 Å². The molecule has 0 bridgehead atoms. The summed E-state index contributed by atoms with van der Waals surface area (Å²) in [6.07, 6.45) is 5.36. The van der Waals surface area contributed by atoms with E-state index in [1.54, 1.807) is 4.57 Å². The molecule has 0 N–H and O–H groups in total. The lowest BCUT2D eigenvalue weighted by Crippen LogP contribution is -2.24. The van der Waals surface area contributed by atoms with Gasteiger partial charge in [-0.1, -0.05) is 73.9 Å². The molecule has 4 aromatic rings. The lowest BCUT2D eigenvalue weighted by molar-refractivity contribution is 0.371. The second kappa shape index (κ2) is 9.11. The topological polar surface area (TPSA) is 44.1 Å². The fraction of sp³-hybridized carbons (Fsp3) is 0.214. The zero-order valence-corrected chi connectivity index (χ0v) is 18.6. The Morgan fingerprint density at radius 2 is 1.84 bits per heavy atom. The first kappa shape index (κ1) is 21.4. The third-order valence-corrected chi connectivity index (χ3v) is 5.55. The SMILES string of the molecule is C#CCOc1ccc2c(c1)c(-c1ccc(C(C)C)cc1)nc(=O)n2Cc1cccc(C)c1. The van der Waals surface area contributed by atoms with Gasteiger partial charge in [0.05, 0.1) is 17.8 Å². The van der Waals surface area contributed by atoms with Crippen LogP contribution in [0.1, 0.15) is 36.5 Å². The van der Waals surface area contributed by atoms with Crippen LogP contribution in [0, 0.1) is 19.3 Å². The number of hydrogen-bond donors (Lipinski definition) is 0. The number of aryl methyl sites for hydroxylation is 1. The molecule has 0 unspecified atom stereocenters. The summed E-state index contributed by atoms with van der Waals surface area (Å²) in [4.78, 5) is 17.6. The van der Waals surface area contributed by atoms with Crippen LogP contribution in [0.5, 0.6) is 5.75 Å². The molecule has 0 spiro atoms. The standard InChI is InChI=1S/C28H26N2O2/c1-5-15-32-24-13-14-26-25(17-24)27(23-11-9-22(10-12-23)19(2)3)29-28(31)30(26)18-21-8-6-7-20(4)16-21/h1,6-14,16-17,19H,15,18H2,2-4H3. The smallest absolute Gasteiger partial charge is 0.348 e. The normalized spacial score (nSPS) is 11.0. The molecule has 3 aromatic carbocycles. The summed E-state index contributed by atoms with van der Waals surface area (Å²) in [5.41, 5.74) is 5.52. The van der Waals surface area contributed by atoms with Crippen molar-refractivity contribution in [2.45, 2.75) is 33.2 Å². The molecule has 0 fully saturated rings. The van der Waals surface area contributed by atoms with Crippen molar-refractivity contribution in [3.63, 3.8) is 0 Å². The van der Waals surface area contributed by atoms with E-state index in [0.717, 1.165) is 27.6 Å². The van der Waals surface area contributed by atoms with Gasteiger partial charge >= 0.3 is 5.69 Å². The minimum atomic E-state index is -0.278. The highest BCUT2D eigenvalue weighted by atomic mass is 16.5. The molecule has 0 amide bonds. The average Bonchev–Trinajstić information content (AvgIpc) is 2.79. The molecule has 4 nitrogen and oxygen atoms in total. The third-order valence-electron chi connectivity index (χ3n) is 5.55. The lowest BCUT2D eigenvalue weighted by Gasteiger charge is -2.15. The van der Waals surface area contributed by atoms with Crippen LogP contribution >= 0.6 is 0 Å². The molecule has 0 atom stereocenters. The molecule has 4 rings (SSSR count). The van der Waals surface area contributed by atoms with Crippen molar-refractivity contribution in [1.82, 2.24) is 9.55 Å². The fourth-order valence-corrected chi connectivity index (χ4v) is 3.87. The number of rotatable bonds is 6. The molecule has 1 heterocycles. The summed E-state index contributed by atoms with van der Waals surface area (Å²) < 4.78 is 7.37. The monoisotopic (exact) mass is 422 g/mol. The summed E-state index contributed by atoms with van der Waals surface area (Å²) in [7, 11) is 0. The Bertz CT molecular complexity index is 1360. The first-order valence-electron chi connectivity index (χ1n) is 10.7. The molecule has 4 heteroatoms. The van der Waals surface area contributed by atoms with Crippen LogP contribution in [0.4, 0.5) is 0 Å². The van der Waals surface area contributed by atoms with Crippen molar-refractivity contribution in [3.05, 3.63) is 93.9 Å². The van der Waals surface area contributed by atoms with Crippen molar-refractivity contribution in [3.8, 4) is 29.4 Å².